The fourth-order valence-electron chi connectivity index (χ4n) is 5.18. The van der Waals surface area contributed by atoms with Crippen LogP contribution in [-0.2, 0) is 0 Å². The van der Waals surface area contributed by atoms with Crippen molar-refractivity contribution in [2.45, 2.75) is 79.2 Å². The van der Waals surface area contributed by atoms with Crippen molar-refractivity contribution in [2.24, 2.45) is 11.3 Å². The van der Waals surface area contributed by atoms with Gasteiger partial charge in [-0.05, 0) is 80.1 Å². The highest BCUT2D eigenvalue weighted by molar-refractivity contribution is 6.30. The Morgan fingerprint density at radius 1 is 1.15 bits per heavy atom. The van der Waals surface area contributed by atoms with Gasteiger partial charge in [-0.3, -0.25) is 0 Å². The first-order valence-electron chi connectivity index (χ1n) is 12.0. The summed E-state index contributed by atoms with van der Waals surface area (Å²) in [5.41, 5.74) is 3.16. The van der Waals surface area contributed by atoms with E-state index in [-0.39, 0.29) is 29.3 Å². The van der Waals surface area contributed by atoms with Crippen LogP contribution in [0, 0.1) is 11.3 Å². The number of benzene rings is 1. The molecule has 34 heavy (non-hydrogen) atoms. The minimum atomic E-state index is 0. The summed E-state index contributed by atoms with van der Waals surface area (Å²) in [6.07, 6.45) is 8.52. The van der Waals surface area contributed by atoms with E-state index >= 15 is 0 Å². The molecule has 1 unspecified atom stereocenters. The van der Waals surface area contributed by atoms with Gasteiger partial charge in [0.15, 0.2) is 0 Å². The molecule has 3 rings (SSSR count). The van der Waals surface area contributed by atoms with E-state index in [1.54, 1.807) is 0 Å². The van der Waals surface area contributed by atoms with Crippen LogP contribution in [0.5, 0.6) is 0 Å². The third kappa shape index (κ3) is 10.2. The first-order chi connectivity index (χ1) is 14.3. The third-order valence-electron chi connectivity index (χ3n) is 6.99. The van der Waals surface area contributed by atoms with Crippen LogP contribution >= 0.6 is 11.6 Å². The zero-order valence-corrected chi connectivity index (χ0v) is 21.8. The summed E-state index contributed by atoms with van der Waals surface area (Å²) in [4.78, 5) is 2.69. The number of likely N-dealkylation sites (tertiary alicyclic amines) is 1. The maximum atomic E-state index is 6.11. The molecule has 2 heterocycles. The Kier molecular flexibility index (Phi) is 17.0. The second kappa shape index (κ2) is 16.5. The van der Waals surface area contributed by atoms with Crippen molar-refractivity contribution in [3.05, 3.63) is 46.6 Å². The summed E-state index contributed by atoms with van der Waals surface area (Å²) in [7, 11) is 0. The molecule has 0 aromatic heterocycles. The standard InChI is InChI=1S/C26H42ClN3.CH4.3H2O/c1-20(2)25(29-16-7-9-23-8-5-6-15-28-23)18-30-17-14-24(26(3,4)19-30)21-10-12-22(27)13-11-21;;;;/h8,10-13,20,24-25,28-29H,5-7,9,14-19H2,1-4H3;1H4;3*1H2/t24?,25-;;;;/m0..../s1. The van der Waals surface area contributed by atoms with Crippen LogP contribution in [0.1, 0.15) is 78.7 Å². The van der Waals surface area contributed by atoms with Gasteiger partial charge in [0.05, 0.1) is 0 Å². The van der Waals surface area contributed by atoms with Crippen molar-refractivity contribution >= 4 is 11.6 Å². The molecular formula is C27H52ClN3O3. The normalized spacial score (nSPS) is 20.4. The predicted octanol–water partition coefficient (Wildman–Crippen LogP) is 3.98. The van der Waals surface area contributed by atoms with Crippen molar-refractivity contribution in [1.82, 2.24) is 15.5 Å². The van der Waals surface area contributed by atoms with E-state index in [0.29, 0.717) is 17.9 Å². The van der Waals surface area contributed by atoms with Crippen LogP contribution in [0.3, 0.4) is 0 Å². The van der Waals surface area contributed by atoms with Crippen LogP contribution in [0.15, 0.2) is 36.0 Å². The highest BCUT2D eigenvalue weighted by atomic mass is 35.5. The molecule has 0 saturated carbocycles. The van der Waals surface area contributed by atoms with E-state index in [0.717, 1.165) is 31.2 Å². The highest BCUT2D eigenvalue weighted by Gasteiger charge is 2.37. The van der Waals surface area contributed by atoms with E-state index < -0.39 is 0 Å². The second-order valence-electron chi connectivity index (χ2n) is 10.3. The van der Waals surface area contributed by atoms with Gasteiger partial charge in [0, 0.05) is 36.4 Å². The Morgan fingerprint density at radius 3 is 2.38 bits per heavy atom. The smallest absolute Gasteiger partial charge is 0.0406 e. The van der Waals surface area contributed by atoms with E-state index in [9.17, 15) is 0 Å². The number of halogens is 1. The molecule has 1 fully saturated rings. The Bertz CT molecular complexity index is 695. The average molecular weight is 502 g/mol. The quantitative estimate of drug-likeness (QED) is 0.497. The monoisotopic (exact) mass is 501 g/mol. The van der Waals surface area contributed by atoms with Gasteiger partial charge in [-0.25, -0.2) is 0 Å². The minimum absolute atomic E-state index is 0. The number of allylic oxidation sites excluding steroid dienone is 2. The lowest BCUT2D eigenvalue weighted by molar-refractivity contribution is 0.0794. The predicted molar refractivity (Wildman–Crippen MR) is 148 cm³/mol. The van der Waals surface area contributed by atoms with E-state index in [4.69, 9.17) is 11.6 Å². The zero-order valence-electron chi connectivity index (χ0n) is 21.0. The molecule has 8 N–H and O–H groups in total. The van der Waals surface area contributed by atoms with Crippen LogP contribution in [0.25, 0.3) is 0 Å². The number of rotatable bonds is 9. The van der Waals surface area contributed by atoms with Gasteiger partial charge in [0.2, 0.25) is 0 Å². The third-order valence-corrected chi connectivity index (χ3v) is 7.25. The van der Waals surface area contributed by atoms with Crippen LogP contribution < -0.4 is 10.6 Å². The molecule has 0 aliphatic carbocycles. The van der Waals surface area contributed by atoms with Crippen molar-refractivity contribution in [1.29, 1.82) is 0 Å². The number of nitrogens with one attached hydrogen (secondary N) is 2. The summed E-state index contributed by atoms with van der Waals surface area (Å²) in [6.45, 7) is 15.3. The van der Waals surface area contributed by atoms with E-state index in [2.05, 4.69) is 61.4 Å². The lowest BCUT2D eigenvalue weighted by atomic mass is 9.70. The molecule has 6 nitrogen and oxygen atoms in total. The van der Waals surface area contributed by atoms with E-state index in [1.807, 2.05) is 12.1 Å². The summed E-state index contributed by atoms with van der Waals surface area (Å²) < 4.78 is 0. The Hall–Kier alpha value is -1.15. The fraction of sp³-hybridized carbons (Fsp3) is 0.704. The van der Waals surface area contributed by atoms with Gasteiger partial charge in [0.1, 0.15) is 0 Å². The van der Waals surface area contributed by atoms with Crippen LogP contribution in [0.4, 0.5) is 0 Å². The van der Waals surface area contributed by atoms with Gasteiger partial charge in [-0.2, -0.15) is 0 Å². The second-order valence-corrected chi connectivity index (χ2v) is 10.8. The molecule has 1 saturated heterocycles. The molecule has 7 heteroatoms. The van der Waals surface area contributed by atoms with Gasteiger partial charge >= 0.3 is 0 Å². The zero-order chi connectivity index (χ0) is 21.6. The molecule has 0 radical (unpaired) electrons. The minimum Gasteiger partial charge on any atom is -0.412 e. The maximum Gasteiger partial charge on any atom is 0.0406 e. The molecule has 0 bridgehead atoms. The molecule has 0 spiro atoms. The Labute approximate surface area is 213 Å². The molecule has 1 aromatic carbocycles. The molecule has 200 valence electrons. The lowest BCUT2D eigenvalue weighted by Gasteiger charge is -2.46. The summed E-state index contributed by atoms with van der Waals surface area (Å²) >= 11 is 6.11. The number of hydrogen-bond acceptors (Lipinski definition) is 3. The van der Waals surface area contributed by atoms with Crippen molar-refractivity contribution < 1.29 is 16.4 Å². The van der Waals surface area contributed by atoms with Gasteiger partial charge in [-0.1, -0.05) is 64.9 Å². The Balaban J connectivity index is 0. The highest BCUT2D eigenvalue weighted by Crippen LogP contribution is 2.42. The van der Waals surface area contributed by atoms with Crippen molar-refractivity contribution in [3.63, 3.8) is 0 Å². The molecule has 2 atom stereocenters. The van der Waals surface area contributed by atoms with Crippen LogP contribution in [-0.4, -0.2) is 60.1 Å². The summed E-state index contributed by atoms with van der Waals surface area (Å²) in [5, 5.41) is 8.24. The first-order valence-corrected chi connectivity index (χ1v) is 12.4. The van der Waals surface area contributed by atoms with Gasteiger partial charge in [-0.15, -0.1) is 0 Å². The molecule has 2 aliphatic heterocycles. The van der Waals surface area contributed by atoms with Crippen molar-refractivity contribution in [2.75, 3.05) is 32.7 Å². The number of hydrogen-bond donors (Lipinski definition) is 2. The number of piperidine rings is 1. The summed E-state index contributed by atoms with van der Waals surface area (Å²) in [6, 6.07) is 9.08. The molecule has 1 aromatic rings. The molecular weight excluding hydrogens is 450 g/mol. The largest absolute Gasteiger partial charge is 0.412 e. The van der Waals surface area contributed by atoms with Gasteiger partial charge < -0.3 is 32.0 Å². The average Bonchev–Trinajstić information content (AvgIpc) is 2.71. The summed E-state index contributed by atoms with van der Waals surface area (Å²) in [5.74, 6) is 1.25. The number of nitrogens with zero attached hydrogens (tertiary/aromatic N) is 1. The van der Waals surface area contributed by atoms with E-state index in [1.165, 1.54) is 49.9 Å². The fourth-order valence-corrected chi connectivity index (χ4v) is 5.31. The molecule has 0 amide bonds. The SMILES string of the molecule is C.CC(C)[C@H](CN1CCC(c2ccc(Cl)cc2)C(C)(C)C1)NCCCC1=CCCCN1.O.O.O. The topological polar surface area (TPSA) is 122 Å². The van der Waals surface area contributed by atoms with Gasteiger partial charge in [0.25, 0.3) is 0 Å². The lowest BCUT2D eigenvalue weighted by Crippen LogP contribution is -2.51. The van der Waals surface area contributed by atoms with Crippen molar-refractivity contribution in [3.8, 4) is 0 Å². The Morgan fingerprint density at radius 2 is 1.82 bits per heavy atom. The maximum absolute atomic E-state index is 6.11. The first kappa shape index (κ1) is 35.0. The van der Waals surface area contributed by atoms with Crippen LogP contribution in [0.2, 0.25) is 5.02 Å². The molecule has 2 aliphatic rings.